The second-order valence-electron chi connectivity index (χ2n) is 5.20. The van der Waals surface area contributed by atoms with E-state index in [9.17, 15) is 4.79 Å². The molecule has 1 fully saturated rings. The van der Waals surface area contributed by atoms with Gasteiger partial charge in [-0.3, -0.25) is 4.79 Å². The van der Waals surface area contributed by atoms with Gasteiger partial charge < -0.3 is 9.88 Å². The Kier molecular flexibility index (Phi) is 3.54. The Hall–Kier alpha value is -0.290. The summed E-state index contributed by atoms with van der Waals surface area (Å²) in [6.07, 6.45) is 5.53. The van der Waals surface area contributed by atoms with Crippen LogP contribution >= 0.6 is 31.9 Å². The smallest absolute Gasteiger partial charge is 0.225 e. The zero-order valence-corrected chi connectivity index (χ0v) is 13.3. The van der Waals surface area contributed by atoms with Crippen LogP contribution in [0.5, 0.6) is 0 Å². The van der Waals surface area contributed by atoms with Crippen molar-refractivity contribution in [2.75, 3.05) is 6.54 Å². The van der Waals surface area contributed by atoms with Gasteiger partial charge in [0.1, 0.15) is 0 Å². The molecule has 2 heterocycles. The van der Waals surface area contributed by atoms with Gasteiger partial charge in [-0.15, -0.1) is 0 Å². The molecule has 98 valence electrons. The molecule has 1 aromatic heterocycles. The van der Waals surface area contributed by atoms with E-state index >= 15 is 0 Å². The molecule has 1 aromatic rings. The van der Waals surface area contributed by atoms with Crippen molar-refractivity contribution in [1.82, 2.24) is 9.88 Å². The van der Waals surface area contributed by atoms with Crippen molar-refractivity contribution in [3.8, 4) is 0 Å². The average Bonchev–Trinajstić information content (AvgIpc) is 2.99. The number of hydrogen-bond acceptors (Lipinski definition) is 1. The van der Waals surface area contributed by atoms with Gasteiger partial charge in [0, 0.05) is 36.7 Å². The van der Waals surface area contributed by atoms with Crippen LogP contribution in [0.3, 0.4) is 0 Å². The molecule has 0 aromatic carbocycles. The van der Waals surface area contributed by atoms with Crippen molar-refractivity contribution in [3.05, 3.63) is 20.3 Å². The van der Waals surface area contributed by atoms with Crippen molar-refractivity contribution in [1.29, 1.82) is 0 Å². The highest BCUT2D eigenvalue weighted by Crippen LogP contribution is 2.34. The first-order valence-corrected chi connectivity index (χ1v) is 8.09. The molecule has 3 nitrogen and oxygen atoms in total. The number of carbonyl (C=O) groups excluding carboxylic acids is 1. The number of aromatic amines is 1. The summed E-state index contributed by atoms with van der Waals surface area (Å²) in [5.74, 6) is 0.648. The van der Waals surface area contributed by atoms with Gasteiger partial charge in [0.2, 0.25) is 5.91 Å². The van der Waals surface area contributed by atoms with E-state index in [1.54, 1.807) is 0 Å². The minimum Gasteiger partial charge on any atom is -0.352 e. The summed E-state index contributed by atoms with van der Waals surface area (Å²) in [4.78, 5) is 17.8. The first-order chi connectivity index (χ1) is 8.66. The second-order valence-corrected chi connectivity index (χ2v) is 6.79. The Labute approximate surface area is 124 Å². The van der Waals surface area contributed by atoms with Crippen LogP contribution in [0.25, 0.3) is 0 Å². The molecule has 1 aliphatic carbocycles. The van der Waals surface area contributed by atoms with E-state index in [1.165, 1.54) is 24.1 Å². The van der Waals surface area contributed by atoms with Crippen molar-refractivity contribution in [3.63, 3.8) is 0 Å². The van der Waals surface area contributed by atoms with Crippen LogP contribution in [0, 0.1) is 5.92 Å². The standard InChI is InChI=1S/C13H16Br2N2O/c14-11-9-7-17(6-5-10(9)16-12(11)15)13(18)8-3-1-2-4-8/h8,16H,1-7H2. The number of rotatable bonds is 1. The lowest BCUT2D eigenvalue weighted by Gasteiger charge is -2.29. The Bertz CT molecular complexity index is 478. The van der Waals surface area contributed by atoms with Crippen LogP contribution < -0.4 is 0 Å². The fourth-order valence-electron chi connectivity index (χ4n) is 3.04. The third-order valence-electron chi connectivity index (χ3n) is 4.08. The lowest BCUT2D eigenvalue weighted by atomic mass is 10.0. The van der Waals surface area contributed by atoms with E-state index in [4.69, 9.17) is 0 Å². The highest BCUT2D eigenvalue weighted by atomic mass is 79.9. The molecule has 1 N–H and O–H groups in total. The van der Waals surface area contributed by atoms with Crippen LogP contribution in [0.4, 0.5) is 0 Å². The molecule has 2 aliphatic rings. The predicted octanol–water partition coefficient (Wildman–Crippen LogP) is 3.61. The van der Waals surface area contributed by atoms with E-state index in [1.807, 2.05) is 4.90 Å². The van der Waals surface area contributed by atoms with Crippen LogP contribution in [0.1, 0.15) is 36.9 Å². The van der Waals surface area contributed by atoms with Gasteiger partial charge in [0.15, 0.2) is 0 Å². The summed E-state index contributed by atoms with van der Waals surface area (Å²) in [6, 6.07) is 0. The van der Waals surface area contributed by atoms with Gasteiger partial charge in [-0.05, 0) is 44.7 Å². The molecule has 0 radical (unpaired) electrons. The molecule has 1 saturated carbocycles. The molecule has 0 saturated heterocycles. The molecule has 0 atom stereocenters. The summed E-state index contributed by atoms with van der Waals surface area (Å²) in [5.41, 5.74) is 2.49. The molecule has 0 unspecified atom stereocenters. The summed E-state index contributed by atoms with van der Waals surface area (Å²) < 4.78 is 2.06. The van der Waals surface area contributed by atoms with E-state index < -0.39 is 0 Å². The van der Waals surface area contributed by atoms with Gasteiger partial charge in [-0.25, -0.2) is 0 Å². The van der Waals surface area contributed by atoms with E-state index in [0.29, 0.717) is 5.91 Å². The van der Waals surface area contributed by atoms with Gasteiger partial charge in [0.25, 0.3) is 0 Å². The van der Waals surface area contributed by atoms with Crippen LogP contribution in [0.2, 0.25) is 0 Å². The lowest BCUT2D eigenvalue weighted by molar-refractivity contribution is -0.136. The number of aromatic nitrogens is 1. The summed E-state index contributed by atoms with van der Waals surface area (Å²) in [6.45, 7) is 1.59. The van der Waals surface area contributed by atoms with E-state index in [-0.39, 0.29) is 5.92 Å². The molecular weight excluding hydrogens is 360 g/mol. The maximum atomic E-state index is 12.4. The number of amides is 1. The number of nitrogens with one attached hydrogen (secondary N) is 1. The SMILES string of the molecule is O=C(C1CCCC1)N1CCc2[nH]c(Br)c(Br)c2C1. The number of nitrogens with zero attached hydrogens (tertiary/aromatic N) is 1. The van der Waals surface area contributed by atoms with Gasteiger partial charge in [0.05, 0.1) is 9.08 Å². The van der Waals surface area contributed by atoms with E-state index in [2.05, 4.69) is 36.8 Å². The molecule has 1 aliphatic heterocycles. The Morgan fingerprint density at radius 3 is 2.72 bits per heavy atom. The normalized spacial score (nSPS) is 20.2. The minimum atomic E-state index is 0.285. The van der Waals surface area contributed by atoms with Crippen molar-refractivity contribution in [2.24, 2.45) is 5.92 Å². The maximum absolute atomic E-state index is 12.4. The number of H-pyrrole nitrogens is 1. The third-order valence-corrected chi connectivity index (χ3v) is 6.08. The lowest BCUT2D eigenvalue weighted by Crippen LogP contribution is -2.39. The Morgan fingerprint density at radius 1 is 1.28 bits per heavy atom. The zero-order valence-electron chi connectivity index (χ0n) is 10.1. The Morgan fingerprint density at radius 2 is 2.00 bits per heavy atom. The number of fused-ring (bicyclic) bond motifs is 1. The molecule has 5 heteroatoms. The number of hydrogen-bond donors (Lipinski definition) is 1. The van der Waals surface area contributed by atoms with Crippen molar-refractivity contribution in [2.45, 2.75) is 38.6 Å². The molecule has 3 rings (SSSR count). The molecule has 0 spiro atoms. The highest BCUT2D eigenvalue weighted by molar-refractivity contribution is 9.13. The van der Waals surface area contributed by atoms with Crippen molar-refractivity contribution < 1.29 is 4.79 Å². The summed E-state index contributed by atoms with van der Waals surface area (Å²) >= 11 is 7.07. The van der Waals surface area contributed by atoms with Crippen LogP contribution in [0.15, 0.2) is 9.08 Å². The molecular formula is C13H16Br2N2O. The summed E-state index contributed by atoms with van der Waals surface area (Å²) in [7, 11) is 0. The maximum Gasteiger partial charge on any atom is 0.225 e. The monoisotopic (exact) mass is 374 g/mol. The van der Waals surface area contributed by atoms with Gasteiger partial charge in [-0.2, -0.15) is 0 Å². The number of carbonyl (C=O) groups is 1. The molecule has 0 bridgehead atoms. The minimum absolute atomic E-state index is 0.285. The third kappa shape index (κ3) is 2.16. The largest absolute Gasteiger partial charge is 0.352 e. The predicted molar refractivity (Wildman–Crippen MR) is 77.3 cm³/mol. The average molecular weight is 376 g/mol. The fraction of sp³-hybridized carbons (Fsp3) is 0.615. The van der Waals surface area contributed by atoms with Crippen LogP contribution in [-0.2, 0) is 17.8 Å². The first-order valence-electron chi connectivity index (χ1n) is 6.50. The van der Waals surface area contributed by atoms with Gasteiger partial charge >= 0.3 is 0 Å². The second kappa shape index (κ2) is 5.00. The fourth-order valence-corrected chi connectivity index (χ4v) is 3.98. The summed E-state index contributed by atoms with van der Waals surface area (Å²) in [5, 5.41) is 0. The molecule has 18 heavy (non-hydrogen) atoms. The highest BCUT2D eigenvalue weighted by Gasteiger charge is 2.30. The number of halogens is 2. The van der Waals surface area contributed by atoms with E-state index in [0.717, 1.165) is 41.4 Å². The topological polar surface area (TPSA) is 36.1 Å². The quantitative estimate of drug-likeness (QED) is 0.799. The van der Waals surface area contributed by atoms with Gasteiger partial charge in [-0.1, -0.05) is 12.8 Å². The molecule has 1 amide bonds. The van der Waals surface area contributed by atoms with Crippen molar-refractivity contribution >= 4 is 37.8 Å². The zero-order chi connectivity index (χ0) is 12.7. The van der Waals surface area contributed by atoms with Crippen LogP contribution in [-0.4, -0.2) is 22.3 Å². The Balaban J connectivity index is 1.77. The first kappa shape index (κ1) is 12.7.